The van der Waals surface area contributed by atoms with Gasteiger partial charge >= 0.3 is 0 Å². The minimum absolute atomic E-state index is 0.0464. The Labute approximate surface area is 172 Å². The highest BCUT2D eigenvalue weighted by Gasteiger charge is 2.30. The van der Waals surface area contributed by atoms with Crippen molar-refractivity contribution in [1.29, 1.82) is 0 Å². The first kappa shape index (κ1) is 19.6. The van der Waals surface area contributed by atoms with Gasteiger partial charge in [0.15, 0.2) is 0 Å². The second-order valence-corrected chi connectivity index (χ2v) is 8.22. The lowest BCUT2D eigenvalue weighted by Crippen LogP contribution is -2.39. The van der Waals surface area contributed by atoms with Crippen LogP contribution in [0.15, 0.2) is 53.6 Å². The lowest BCUT2D eigenvalue weighted by atomic mass is 9.85. The third-order valence-electron chi connectivity index (χ3n) is 5.44. The van der Waals surface area contributed by atoms with Gasteiger partial charge in [0.25, 0.3) is 0 Å². The van der Waals surface area contributed by atoms with Gasteiger partial charge in [0.05, 0.1) is 11.9 Å². The molecule has 2 heterocycles. The second-order valence-electron chi connectivity index (χ2n) is 7.20. The smallest absolute Gasteiger partial charge is 0.233 e. The topological polar surface area (TPSA) is 38.1 Å². The molecule has 0 saturated heterocycles. The Balaban J connectivity index is 1.55. The predicted molar refractivity (Wildman–Crippen MR) is 109 cm³/mol. The van der Waals surface area contributed by atoms with Crippen molar-refractivity contribution in [2.75, 3.05) is 12.3 Å². The number of rotatable bonds is 4. The van der Waals surface area contributed by atoms with Crippen LogP contribution in [0.1, 0.15) is 28.3 Å². The first-order chi connectivity index (χ1) is 13.9. The van der Waals surface area contributed by atoms with Crippen LogP contribution in [0.2, 0.25) is 0 Å². The number of hydrogen-bond acceptors (Lipinski definition) is 3. The lowest BCUT2D eigenvalue weighted by molar-refractivity contribution is -0.129. The van der Waals surface area contributed by atoms with Crippen molar-refractivity contribution in [1.82, 2.24) is 14.7 Å². The first-order valence-electron chi connectivity index (χ1n) is 9.36. The Morgan fingerprint density at radius 3 is 2.72 bits per heavy atom. The molecule has 0 aliphatic carbocycles. The summed E-state index contributed by atoms with van der Waals surface area (Å²) >= 11 is 1.09. The van der Waals surface area contributed by atoms with Crippen molar-refractivity contribution in [3.05, 3.63) is 82.7 Å². The zero-order chi connectivity index (χ0) is 20.5. The van der Waals surface area contributed by atoms with Crippen LogP contribution in [0.5, 0.6) is 0 Å². The highest BCUT2D eigenvalue weighted by molar-refractivity contribution is 8.00. The third-order valence-corrected chi connectivity index (χ3v) is 6.47. The monoisotopic (exact) mass is 413 g/mol. The van der Waals surface area contributed by atoms with Gasteiger partial charge in [0.1, 0.15) is 11.6 Å². The van der Waals surface area contributed by atoms with Gasteiger partial charge in [-0.25, -0.2) is 8.78 Å². The van der Waals surface area contributed by atoms with Gasteiger partial charge in [-0.15, -0.1) is 11.8 Å². The van der Waals surface area contributed by atoms with Crippen LogP contribution in [0.3, 0.4) is 0 Å². The van der Waals surface area contributed by atoms with E-state index in [9.17, 15) is 13.6 Å². The summed E-state index contributed by atoms with van der Waals surface area (Å²) in [7, 11) is 1.91. The molecule has 1 aliphatic rings. The van der Waals surface area contributed by atoms with Gasteiger partial charge in [-0.2, -0.15) is 5.10 Å². The zero-order valence-corrected chi connectivity index (χ0v) is 17.0. The number of thioether (sulfide) groups is 1. The highest BCUT2D eigenvalue weighted by atomic mass is 32.2. The number of aromatic nitrogens is 2. The summed E-state index contributed by atoms with van der Waals surface area (Å²) in [5.74, 6) is -1.19. The largest absolute Gasteiger partial charge is 0.337 e. The van der Waals surface area contributed by atoms with Crippen LogP contribution in [0, 0.1) is 18.6 Å². The Morgan fingerprint density at radius 1 is 1.21 bits per heavy atom. The average molecular weight is 413 g/mol. The fraction of sp³-hybridized carbons (Fsp3) is 0.273. The minimum atomic E-state index is -0.643. The molecule has 1 aliphatic heterocycles. The second kappa shape index (κ2) is 7.99. The summed E-state index contributed by atoms with van der Waals surface area (Å²) in [5, 5.41) is 4.36. The van der Waals surface area contributed by atoms with E-state index < -0.39 is 11.6 Å². The molecular formula is C22H21F2N3OS. The quantitative estimate of drug-likeness (QED) is 0.600. The molecule has 0 radical (unpaired) electrons. The van der Waals surface area contributed by atoms with E-state index in [1.165, 1.54) is 17.7 Å². The van der Waals surface area contributed by atoms with E-state index in [1.807, 2.05) is 47.9 Å². The number of fused-ring (bicyclic) bond motifs is 1. The van der Waals surface area contributed by atoms with Crippen LogP contribution in [-0.4, -0.2) is 32.9 Å². The van der Waals surface area contributed by atoms with E-state index >= 15 is 0 Å². The maximum absolute atomic E-state index is 13.9. The van der Waals surface area contributed by atoms with Crippen LogP contribution < -0.4 is 0 Å². The van der Waals surface area contributed by atoms with Crippen LogP contribution in [-0.2, 0) is 18.4 Å². The molecule has 1 aromatic heterocycles. The van der Waals surface area contributed by atoms with E-state index in [-0.39, 0.29) is 22.5 Å². The number of hydrogen-bond donors (Lipinski definition) is 0. The molecule has 0 bridgehead atoms. The first-order valence-corrected chi connectivity index (χ1v) is 10.3. The maximum atomic E-state index is 13.9. The molecule has 0 N–H and O–H groups in total. The molecule has 1 unspecified atom stereocenters. The summed E-state index contributed by atoms with van der Waals surface area (Å²) in [6.07, 6.45) is 1.87. The van der Waals surface area contributed by atoms with Gasteiger partial charge in [-0.3, -0.25) is 9.48 Å². The number of amides is 1. The molecule has 7 heteroatoms. The van der Waals surface area contributed by atoms with Crippen LogP contribution in [0.4, 0.5) is 8.78 Å². The molecule has 0 saturated carbocycles. The number of halogens is 2. The van der Waals surface area contributed by atoms with Gasteiger partial charge < -0.3 is 4.90 Å². The van der Waals surface area contributed by atoms with Gasteiger partial charge in [0.2, 0.25) is 5.91 Å². The lowest BCUT2D eigenvalue weighted by Gasteiger charge is -2.35. The molecule has 29 heavy (non-hydrogen) atoms. The van der Waals surface area contributed by atoms with E-state index in [4.69, 9.17) is 0 Å². The van der Waals surface area contributed by atoms with E-state index in [0.717, 1.165) is 34.6 Å². The molecule has 0 spiro atoms. The minimum Gasteiger partial charge on any atom is -0.337 e. The molecule has 2 aromatic carbocycles. The van der Waals surface area contributed by atoms with Crippen molar-refractivity contribution < 1.29 is 13.6 Å². The standard InChI is InChI=1S/C22H21F2N3OS/c1-14-18(10-25-26(14)2)19-12-27(11-15-5-3-4-6-17(15)19)22(28)13-29-21-8-7-16(23)9-20(21)24/h3-10,19H,11-13H2,1-2H3. The summed E-state index contributed by atoms with van der Waals surface area (Å²) in [6, 6.07) is 11.6. The third kappa shape index (κ3) is 3.92. The summed E-state index contributed by atoms with van der Waals surface area (Å²) < 4.78 is 28.8. The van der Waals surface area contributed by atoms with E-state index in [0.29, 0.717) is 13.1 Å². The van der Waals surface area contributed by atoms with Gasteiger partial charge in [-0.05, 0) is 30.2 Å². The van der Waals surface area contributed by atoms with E-state index in [1.54, 1.807) is 0 Å². The van der Waals surface area contributed by atoms with Crippen LogP contribution in [0.25, 0.3) is 0 Å². The Morgan fingerprint density at radius 2 is 2.00 bits per heavy atom. The normalized spacial score (nSPS) is 16.0. The van der Waals surface area contributed by atoms with Gasteiger partial charge in [-0.1, -0.05) is 24.3 Å². The molecule has 150 valence electrons. The summed E-state index contributed by atoms with van der Waals surface area (Å²) in [6.45, 7) is 3.10. The summed E-state index contributed by atoms with van der Waals surface area (Å²) in [5.41, 5.74) is 4.50. The predicted octanol–water partition coefficient (Wildman–Crippen LogP) is 4.27. The fourth-order valence-corrected chi connectivity index (χ4v) is 4.57. The van der Waals surface area contributed by atoms with E-state index in [2.05, 4.69) is 11.2 Å². The molecule has 4 nitrogen and oxygen atoms in total. The average Bonchev–Trinajstić information content (AvgIpc) is 3.04. The Kier molecular flexibility index (Phi) is 5.41. The molecule has 4 rings (SSSR count). The number of carbonyl (C=O) groups excluding carboxylic acids is 1. The Bertz CT molecular complexity index is 1070. The van der Waals surface area contributed by atoms with Crippen molar-refractivity contribution in [2.24, 2.45) is 7.05 Å². The fourth-order valence-electron chi connectivity index (χ4n) is 3.74. The number of aryl methyl sites for hydroxylation is 1. The molecule has 0 fully saturated rings. The summed E-state index contributed by atoms with van der Waals surface area (Å²) in [4.78, 5) is 15.0. The maximum Gasteiger partial charge on any atom is 0.233 e. The SMILES string of the molecule is Cc1c(C2CN(C(=O)CSc3ccc(F)cc3F)Cc3ccccc32)cnn1C. The van der Waals surface area contributed by atoms with Crippen molar-refractivity contribution in [2.45, 2.75) is 24.3 Å². The van der Waals surface area contributed by atoms with Crippen molar-refractivity contribution in [3.8, 4) is 0 Å². The highest BCUT2D eigenvalue weighted by Crippen LogP contribution is 2.35. The van der Waals surface area contributed by atoms with Crippen LogP contribution >= 0.6 is 11.8 Å². The van der Waals surface area contributed by atoms with Crippen molar-refractivity contribution in [3.63, 3.8) is 0 Å². The number of nitrogens with zero attached hydrogens (tertiary/aromatic N) is 3. The molecule has 1 atom stereocenters. The zero-order valence-electron chi connectivity index (χ0n) is 16.2. The Hall–Kier alpha value is -2.67. The number of benzene rings is 2. The number of carbonyl (C=O) groups is 1. The molecule has 3 aromatic rings. The van der Waals surface area contributed by atoms with Gasteiger partial charge in [0, 0.05) is 48.3 Å². The molecular weight excluding hydrogens is 392 g/mol. The molecule has 1 amide bonds. The van der Waals surface area contributed by atoms with Crippen molar-refractivity contribution >= 4 is 17.7 Å².